The Morgan fingerprint density at radius 2 is 1.74 bits per heavy atom. The van der Waals surface area contributed by atoms with E-state index in [1.54, 1.807) is 37.4 Å². The minimum absolute atomic E-state index is 0.152. The van der Waals surface area contributed by atoms with Crippen molar-refractivity contribution in [2.45, 2.75) is 20.4 Å². The smallest absolute Gasteiger partial charge is 0.488 e. The molecule has 0 atom stereocenters. The van der Waals surface area contributed by atoms with Gasteiger partial charge in [0.2, 0.25) is 5.91 Å². The third-order valence-corrected chi connectivity index (χ3v) is 7.57. The van der Waals surface area contributed by atoms with E-state index in [2.05, 4.69) is 20.8 Å². The number of hydrogen-bond acceptors (Lipinski definition) is 8. The molecule has 0 fully saturated rings. The standard InChI is InChI=1S/C18H15ClN4O.C15H17BN2O4/c1-11-21-22-17-10-20-18(12-3-5-13(19)6-4-12)15-9-14(24-2)7-8-16(15)23(11)17;1-10(19)17-7-8-18-15(20)13-4-2-3-11-5-6-12(16(21)22)9-14(11)13/h3-9H,10H2,1-2H3;2-6,9,21-22H,7-8H2,1H3,(H,17,19)(H,18,20). The molecule has 0 saturated carbocycles. The molecular weight excluding hydrogens is 607 g/mol. The van der Waals surface area contributed by atoms with Crippen LogP contribution in [0.5, 0.6) is 5.75 Å². The first-order valence-corrected chi connectivity index (χ1v) is 14.9. The summed E-state index contributed by atoms with van der Waals surface area (Å²) in [5, 5.41) is 34.4. The van der Waals surface area contributed by atoms with E-state index in [0.29, 0.717) is 41.1 Å². The number of carbonyl (C=O) groups is 2. The molecule has 4 N–H and O–H groups in total. The van der Waals surface area contributed by atoms with E-state index in [9.17, 15) is 19.6 Å². The first-order valence-electron chi connectivity index (χ1n) is 14.5. The highest BCUT2D eigenvalue weighted by Gasteiger charge is 2.22. The summed E-state index contributed by atoms with van der Waals surface area (Å²) in [6, 6.07) is 23.8. The van der Waals surface area contributed by atoms with Gasteiger partial charge in [-0.2, -0.15) is 0 Å². The van der Waals surface area contributed by atoms with Crippen molar-refractivity contribution in [1.29, 1.82) is 0 Å². The molecule has 1 aliphatic heterocycles. The second kappa shape index (κ2) is 14.4. The Kier molecular flexibility index (Phi) is 10.1. The van der Waals surface area contributed by atoms with Gasteiger partial charge in [-0.1, -0.05) is 54.1 Å². The molecule has 0 radical (unpaired) electrons. The van der Waals surface area contributed by atoms with E-state index in [-0.39, 0.29) is 11.8 Å². The summed E-state index contributed by atoms with van der Waals surface area (Å²) in [7, 11) is 0.0766. The minimum atomic E-state index is -1.58. The van der Waals surface area contributed by atoms with Gasteiger partial charge in [-0.3, -0.25) is 19.1 Å². The van der Waals surface area contributed by atoms with Crippen LogP contribution >= 0.6 is 11.6 Å². The van der Waals surface area contributed by atoms with E-state index in [1.165, 1.54) is 6.92 Å². The Morgan fingerprint density at radius 1 is 0.978 bits per heavy atom. The van der Waals surface area contributed by atoms with Crippen LogP contribution in [-0.2, 0) is 11.3 Å². The number of aliphatic imine (C=N–C) groups is 1. The van der Waals surface area contributed by atoms with Crippen LogP contribution in [0.3, 0.4) is 0 Å². The van der Waals surface area contributed by atoms with E-state index >= 15 is 0 Å². The molecule has 4 aromatic carbocycles. The van der Waals surface area contributed by atoms with Crippen molar-refractivity contribution in [1.82, 2.24) is 25.4 Å². The number of hydrogen-bond donors (Lipinski definition) is 4. The monoisotopic (exact) mass is 638 g/mol. The number of fused-ring (bicyclic) bond motifs is 4. The van der Waals surface area contributed by atoms with Crippen LogP contribution in [0.15, 0.2) is 83.9 Å². The highest BCUT2D eigenvalue weighted by atomic mass is 35.5. The highest BCUT2D eigenvalue weighted by molar-refractivity contribution is 6.59. The quantitative estimate of drug-likeness (QED) is 0.158. The van der Waals surface area contributed by atoms with E-state index < -0.39 is 7.12 Å². The summed E-state index contributed by atoms with van der Waals surface area (Å²) >= 11 is 6.02. The van der Waals surface area contributed by atoms with Gasteiger partial charge in [0.25, 0.3) is 5.91 Å². The first-order chi connectivity index (χ1) is 22.2. The third-order valence-electron chi connectivity index (χ3n) is 7.32. The fourth-order valence-electron chi connectivity index (χ4n) is 5.10. The number of ether oxygens (including phenoxy) is 1. The molecule has 0 bridgehead atoms. The van der Waals surface area contributed by atoms with E-state index in [1.807, 2.05) is 60.0 Å². The molecule has 5 aromatic rings. The van der Waals surface area contributed by atoms with E-state index in [0.717, 1.165) is 45.3 Å². The summed E-state index contributed by atoms with van der Waals surface area (Å²) in [5.41, 5.74) is 4.65. The van der Waals surface area contributed by atoms with Crippen molar-refractivity contribution >= 4 is 52.5 Å². The minimum Gasteiger partial charge on any atom is -0.497 e. The van der Waals surface area contributed by atoms with Crippen molar-refractivity contribution in [2.75, 3.05) is 20.2 Å². The Bertz CT molecular complexity index is 1930. The first kappa shape index (κ1) is 32.4. The summed E-state index contributed by atoms with van der Waals surface area (Å²) in [5.74, 6) is 2.01. The van der Waals surface area contributed by atoms with Crippen molar-refractivity contribution in [3.05, 3.63) is 112 Å². The third kappa shape index (κ3) is 7.26. The molecule has 2 heterocycles. The lowest BCUT2D eigenvalue weighted by molar-refractivity contribution is -0.118. The van der Waals surface area contributed by atoms with Crippen LogP contribution < -0.4 is 20.8 Å². The van der Waals surface area contributed by atoms with Crippen LogP contribution in [-0.4, -0.2) is 69.7 Å². The van der Waals surface area contributed by atoms with Crippen LogP contribution in [0.4, 0.5) is 0 Å². The van der Waals surface area contributed by atoms with Gasteiger partial charge in [0.05, 0.1) is 18.5 Å². The Labute approximate surface area is 271 Å². The number of benzene rings is 4. The lowest BCUT2D eigenvalue weighted by atomic mass is 9.79. The van der Waals surface area contributed by atoms with Gasteiger partial charge in [-0.15, -0.1) is 10.2 Å². The molecule has 0 aliphatic carbocycles. The fourth-order valence-corrected chi connectivity index (χ4v) is 5.22. The maximum Gasteiger partial charge on any atom is 0.488 e. The molecule has 0 spiro atoms. The normalized spacial score (nSPS) is 11.7. The number of methoxy groups -OCH3 is 1. The van der Waals surface area contributed by atoms with Crippen LogP contribution in [0.2, 0.25) is 5.02 Å². The molecule has 11 nitrogen and oxygen atoms in total. The summed E-state index contributed by atoms with van der Waals surface area (Å²) < 4.78 is 7.45. The van der Waals surface area contributed by atoms with Crippen molar-refractivity contribution in [3.63, 3.8) is 0 Å². The summed E-state index contributed by atoms with van der Waals surface area (Å²) in [6.45, 7) is 4.49. The van der Waals surface area contributed by atoms with Gasteiger partial charge < -0.3 is 25.4 Å². The second-order valence-electron chi connectivity index (χ2n) is 10.5. The van der Waals surface area contributed by atoms with Crippen LogP contribution in [0.1, 0.15) is 40.1 Å². The molecule has 0 saturated heterocycles. The molecule has 234 valence electrons. The molecule has 0 unspecified atom stereocenters. The zero-order valence-electron chi connectivity index (χ0n) is 25.5. The molecule has 1 aliphatic rings. The van der Waals surface area contributed by atoms with E-state index in [4.69, 9.17) is 21.3 Å². The number of halogens is 1. The Hall–Kier alpha value is -5.04. The van der Waals surface area contributed by atoms with Gasteiger partial charge in [0, 0.05) is 41.7 Å². The van der Waals surface area contributed by atoms with Crippen molar-refractivity contribution in [3.8, 4) is 11.4 Å². The number of rotatable bonds is 7. The molecule has 13 heteroatoms. The maximum atomic E-state index is 12.2. The predicted molar refractivity (Wildman–Crippen MR) is 178 cm³/mol. The number of aromatic nitrogens is 3. The number of nitrogens with zero attached hydrogens (tertiary/aromatic N) is 4. The Morgan fingerprint density at radius 3 is 2.46 bits per heavy atom. The number of carbonyl (C=O) groups excluding carboxylic acids is 2. The number of nitrogens with one attached hydrogen (secondary N) is 2. The van der Waals surface area contributed by atoms with Crippen LogP contribution in [0.25, 0.3) is 16.5 Å². The summed E-state index contributed by atoms with van der Waals surface area (Å²) in [6.07, 6.45) is 0. The molecule has 1 aromatic heterocycles. The van der Waals surface area contributed by atoms with Crippen LogP contribution in [0, 0.1) is 6.92 Å². The maximum absolute atomic E-state index is 12.2. The fraction of sp³-hybridized carbons (Fsp3) is 0.182. The van der Waals surface area contributed by atoms with Gasteiger partial charge in [-0.05, 0) is 59.6 Å². The van der Waals surface area contributed by atoms with Gasteiger partial charge >= 0.3 is 7.12 Å². The largest absolute Gasteiger partial charge is 0.497 e. The van der Waals surface area contributed by atoms with Gasteiger partial charge in [0.15, 0.2) is 5.82 Å². The predicted octanol–water partition coefficient (Wildman–Crippen LogP) is 2.97. The zero-order chi connectivity index (χ0) is 32.8. The van der Waals surface area contributed by atoms with Crippen molar-refractivity contribution in [2.24, 2.45) is 4.99 Å². The van der Waals surface area contributed by atoms with Gasteiger partial charge in [0.1, 0.15) is 18.1 Å². The SMILES string of the molecule is CC(=O)NCCNC(=O)c1cccc2ccc(B(O)O)cc12.COc1ccc2c(c1)C(c1ccc(Cl)cc1)=NCc1nnc(C)n1-2. The van der Waals surface area contributed by atoms with Crippen molar-refractivity contribution < 1.29 is 24.4 Å². The number of amides is 2. The lowest BCUT2D eigenvalue weighted by Crippen LogP contribution is -2.34. The van der Waals surface area contributed by atoms with Gasteiger partial charge in [-0.25, -0.2) is 0 Å². The molecule has 6 rings (SSSR count). The zero-order valence-corrected chi connectivity index (χ0v) is 26.2. The topological polar surface area (TPSA) is 151 Å². The molecule has 46 heavy (non-hydrogen) atoms. The average Bonchev–Trinajstić information content (AvgIpc) is 3.34. The molecular formula is C33H32BClN6O5. The summed E-state index contributed by atoms with van der Waals surface area (Å²) in [4.78, 5) is 27.8. The highest BCUT2D eigenvalue weighted by Crippen LogP contribution is 2.29. The Balaban J connectivity index is 0.000000182. The second-order valence-corrected chi connectivity index (χ2v) is 10.9. The molecule has 2 amide bonds. The lowest BCUT2D eigenvalue weighted by Gasteiger charge is -2.14. The average molecular weight is 639 g/mol. The number of aryl methyl sites for hydroxylation is 1.